The van der Waals surface area contributed by atoms with E-state index >= 15 is 0 Å². The normalized spacial score (nSPS) is 13.4. The maximum atomic E-state index is 12.1. The molecule has 32 heavy (non-hydrogen) atoms. The number of nitrogens with one attached hydrogen (secondary N) is 2. The third-order valence-corrected chi connectivity index (χ3v) is 5.52. The van der Waals surface area contributed by atoms with E-state index in [1.807, 2.05) is 42.5 Å². The van der Waals surface area contributed by atoms with E-state index in [0.29, 0.717) is 11.4 Å². The Morgan fingerprint density at radius 2 is 1.91 bits per heavy atom. The first-order valence-corrected chi connectivity index (χ1v) is 10.7. The number of hydrogen-bond donors (Lipinski definition) is 2. The van der Waals surface area contributed by atoms with Crippen LogP contribution in [0.15, 0.2) is 65.9 Å². The van der Waals surface area contributed by atoms with Gasteiger partial charge in [0.15, 0.2) is 11.5 Å². The number of aromatic nitrogens is 1. The molecule has 166 valence electrons. The summed E-state index contributed by atoms with van der Waals surface area (Å²) in [4.78, 5) is 15.0. The molecule has 1 aromatic heterocycles. The van der Waals surface area contributed by atoms with Crippen molar-refractivity contribution in [1.29, 1.82) is 0 Å². The Labute approximate surface area is 188 Å². The summed E-state index contributed by atoms with van der Waals surface area (Å²) in [6.45, 7) is 1.78. The Bertz CT molecular complexity index is 1080. The van der Waals surface area contributed by atoms with E-state index in [1.54, 1.807) is 32.5 Å². The van der Waals surface area contributed by atoms with Crippen molar-refractivity contribution in [2.75, 3.05) is 32.6 Å². The average molecular weight is 433 g/mol. The van der Waals surface area contributed by atoms with Gasteiger partial charge in [-0.25, -0.2) is 0 Å². The van der Waals surface area contributed by atoms with Gasteiger partial charge < -0.3 is 19.8 Å². The van der Waals surface area contributed by atoms with Crippen LogP contribution >= 0.6 is 0 Å². The van der Waals surface area contributed by atoms with Crippen molar-refractivity contribution in [3.8, 4) is 11.5 Å². The number of carbonyl (C=O) groups excluding carboxylic acids is 1. The number of benzene rings is 2. The van der Waals surface area contributed by atoms with E-state index in [-0.39, 0.29) is 5.91 Å². The first-order valence-electron chi connectivity index (χ1n) is 10.7. The number of carbonyl (C=O) groups is 1. The summed E-state index contributed by atoms with van der Waals surface area (Å²) in [7, 11) is 3.28. The molecule has 0 unspecified atom stereocenters. The van der Waals surface area contributed by atoms with Gasteiger partial charge in [-0.15, -0.1) is 0 Å². The van der Waals surface area contributed by atoms with Gasteiger partial charge in [0.25, 0.3) is 5.91 Å². The lowest BCUT2D eigenvalue weighted by Crippen LogP contribution is -2.28. The van der Waals surface area contributed by atoms with Crippen molar-refractivity contribution in [1.82, 2.24) is 9.99 Å². The summed E-state index contributed by atoms with van der Waals surface area (Å²) >= 11 is 0. The second-order valence-electron chi connectivity index (χ2n) is 7.66. The highest BCUT2D eigenvalue weighted by molar-refractivity contribution is 6.03. The Hall–Kier alpha value is -3.74. The van der Waals surface area contributed by atoms with Crippen LogP contribution in [0.4, 0.5) is 5.69 Å². The summed E-state index contributed by atoms with van der Waals surface area (Å²) in [5.74, 6) is 1.29. The van der Waals surface area contributed by atoms with E-state index in [2.05, 4.69) is 15.3 Å². The number of rotatable bonds is 8. The minimum absolute atomic E-state index is 0.145. The van der Waals surface area contributed by atoms with E-state index < -0.39 is 0 Å². The van der Waals surface area contributed by atoms with Gasteiger partial charge >= 0.3 is 0 Å². The smallest absolute Gasteiger partial charge is 0.272 e. The molecule has 2 N–H and O–H groups in total. The molecule has 4 rings (SSSR count). The summed E-state index contributed by atoms with van der Waals surface area (Å²) in [5.41, 5.74) is 4.66. The molecule has 1 aliphatic heterocycles. The second kappa shape index (κ2) is 10.0. The first-order chi connectivity index (χ1) is 15.7. The van der Waals surface area contributed by atoms with Gasteiger partial charge in [0, 0.05) is 30.5 Å². The molecule has 0 aliphatic carbocycles. The van der Waals surface area contributed by atoms with Crippen LogP contribution in [0.2, 0.25) is 0 Å². The number of amides is 1. The molecular formula is C25H28N4O3. The third kappa shape index (κ3) is 5.11. The molecule has 0 saturated heterocycles. The molecule has 1 amide bonds. The quantitative estimate of drug-likeness (QED) is 0.555. The summed E-state index contributed by atoms with van der Waals surface area (Å²) < 4.78 is 10.8. The highest BCUT2D eigenvalue weighted by atomic mass is 16.5. The van der Waals surface area contributed by atoms with Crippen molar-refractivity contribution >= 4 is 17.3 Å². The van der Waals surface area contributed by atoms with Gasteiger partial charge in [-0.1, -0.05) is 12.1 Å². The van der Waals surface area contributed by atoms with Crippen molar-refractivity contribution in [2.45, 2.75) is 19.3 Å². The van der Waals surface area contributed by atoms with Crippen LogP contribution in [-0.4, -0.2) is 48.9 Å². The van der Waals surface area contributed by atoms with E-state index in [4.69, 9.17) is 14.6 Å². The molecule has 2 aromatic carbocycles. The Kier molecular flexibility index (Phi) is 6.75. The van der Waals surface area contributed by atoms with Crippen LogP contribution in [0.3, 0.4) is 0 Å². The number of H-pyrrole nitrogens is 1. The second-order valence-corrected chi connectivity index (χ2v) is 7.66. The Morgan fingerprint density at radius 1 is 1.09 bits per heavy atom. The molecular weight excluding hydrogens is 404 g/mol. The average Bonchev–Trinajstić information content (AvgIpc) is 3.39. The summed E-state index contributed by atoms with van der Waals surface area (Å²) in [6.07, 6.45) is 4.63. The van der Waals surface area contributed by atoms with Gasteiger partial charge in [-0.05, 0) is 67.3 Å². The zero-order valence-electron chi connectivity index (χ0n) is 18.4. The van der Waals surface area contributed by atoms with E-state index in [1.165, 1.54) is 5.56 Å². The first kappa shape index (κ1) is 21.5. The minimum atomic E-state index is -0.145. The van der Waals surface area contributed by atoms with Crippen molar-refractivity contribution in [3.05, 3.63) is 77.6 Å². The van der Waals surface area contributed by atoms with Crippen LogP contribution in [0.1, 0.15) is 34.5 Å². The molecule has 0 spiro atoms. The number of hydrogen-bond acceptors (Lipinski definition) is 5. The molecule has 0 saturated carbocycles. The highest BCUT2D eigenvalue weighted by Gasteiger charge is 2.16. The number of methoxy groups -OCH3 is 2. The lowest BCUT2D eigenvalue weighted by atomic mass is 10.0. The largest absolute Gasteiger partial charge is 0.493 e. The monoisotopic (exact) mass is 432 g/mol. The number of ether oxygens (including phenoxy) is 2. The number of aromatic amines is 1. The van der Waals surface area contributed by atoms with Crippen molar-refractivity contribution in [3.63, 3.8) is 0 Å². The van der Waals surface area contributed by atoms with Crippen molar-refractivity contribution in [2.24, 2.45) is 5.10 Å². The lowest BCUT2D eigenvalue weighted by Gasteiger charge is -2.26. The van der Waals surface area contributed by atoms with E-state index in [9.17, 15) is 4.79 Å². The Balaban J connectivity index is 1.36. The van der Waals surface area contributed by atoms with Gasteiger partial charge in [-0.2, -0.15) is 5.10 Å². The zero-order valence-corrected chi connectivity index (χ0v) is 18.4. The van der Waals surface area contributed by atoms with Gasteiger partial charge in [0.2, 0.25) is 0 Å². The van der Waals surface area contributed by atoms with Gasteiger partial charge in [0.1, 0.15) is 5.69 Å². The molecule has 0 fully saturated rings. The fourth-order valence-electron chi connectivity index (χ4n) is 3.76. The number of nitrogens with zero attached hydrogens (tertiary/aromatic N) is 2. The van der Waals surface area contributed by atoms with Gasteiger partial charge in [-0.3, -0.25) is 9.80 Å². The van der Waals surface area contributed by atoms with Crippen molar-refractivity contribution < 1.29 is 14.3 Å². The molecule has 7 nitrogen and oxygen atoms in total. The highest BCUT2D eigenvalue weighted by Crippen LogP contribution is 2.29. The maximum Gasteiger partial charge on any atom is 0.272 e. The molecule has 1 aliphatic rings. The van der Waals surface area contributed by atoms with Crippen LogP contribution in [0, 0.1) is 0 Å². The Morgan fingerprint density at radius 3 is 2.62 bits per heavy atom. The molecule has 2 heterocycles. The standard InChI is InChI=1S/C25H28N4O3/c1-31-23-12-9-19(17-24(23)32-2)21-6-4-15-29(28-21)16-13-18-7-10-20(11-8-18)27-25(30)22-5-3-14-26-22/h3,5,7-12,14,17,26H,4,6,13,15-16H2,1-2H3,(H,27,30). The van der Waals surface area contributed by atoms with Crippen LogP contribution < -0.4 is 14.8 Å². The zero-order chi connectivity index (χ0) is 22.3. The fraction of sp³-hybridized carbons (Fsp3) is 0.280. The fourth-order valence-corrected chi connectivity index (χ4v) is 3.76. The van der Waals surface area contributed by atoms with Crippen LogP contribution in [-0.2, 0) is 6.42 Å². The molecule has 7 heteroatoms. The predicted octanol–water partition coefficient (Wildman–Crippen LogP) is 4.33. The lowest BCUT2D eigenvalue weighted by molar-refractivity contribution is 0.102. The predicted molar refractivity (Wildman–Crippen MR) is 126 cm³/mol. The van der Waals surface area contributed by atoms with Crippen LogP contribution in [0.25, 0.3) is 0 Å². The maximum absolute atomic E-state index is 12.1. The molecule has 0 bridgehead atoms. The summed E-state index contributed by atoms with van der Waals surface area (Å²) in [5, 5.41) is 9.91. The molecule has 0 atom stereocenters. The number of hydrazone groups is 1. The molecule has 3 aromatic rings. The summed E-state index contributed by atoms with van der Waals surface area (Å²) in [6, 6.07) is 17.5. The minimum Gasteiger partial charge on any atom is -0.493 e. The van der Waals surface area contributed by atoms with E-state index in [0.717, 1.165) is 55.1 Å². The SMILES string of the molecule is COc1ccc(C2=NN(CCc3ccc(NC(=O)c4ccc[nH]4)cc3)CCC2)cc1OC. The number of anilines is 1. The van der Waals surface area contributed by atoms with Crippen LogP contribution in [0.5, 0.6) is 11.5 Å². The van der Waals surface area contributed by atoms with Gasteiger partial charge in [0.05, 0.1) is 19.9 Å². The third-order valence-electron chi connectivity index (χ3n) is 5.52. The molecule has 0 radical (unpaired) electrons. The topological polar surface area (TPSA) is 79.0 Å².